The number of carbonyl (C=O) groups excluding carboxylic acids is 1. The minimum absolute atomic E-state index is 0.244. The lowest BCUT2D eigenvalue weighted by Gasteiger charge is -2.38. The minimum atomic E-state index is 0.244. The van der Waals surface area contributed by atoms with Gasteiger partial charge in [0.15, 0.2) is 0 Å². The van der Waals surface area contributed by atoms with E-state index in [0.717, 1.165) is 37.9 Å². The number of amides is 1. The Balaban J connectivity index is 1.63. The first kappa shape index (κ1) is 13.2. The molecule has 4 heteroatoms. The lowest BCUT2D eigenvalue weighted by molar-refractivity contribution is -0.140. The number of hydrogen-bond donors (Lipinski definition) is 0. The molecule has 0 N–H and O–H groups in total. The van der Waals surface area contributed by atoms with E-state index < -0.39 is 0 Å². The minimum Gasteiger partial charge on any atom is -0.332 e. The Morgan fingerprint density at radius 2 is 2.00 bits per heavy atom. The van der Waals surface area contributed by atoms with Crippen LogP contribution in [0.25, 0.3) is 0 Å². The van der Waals surface area contributed by atoms with E-state index in [2.05, 4.69) is 14.9 Å². The Kier molecular flexibility index (Phi) is 3.20. The van der Waals surface area contributed by atoms with Crippen LogP contribution in [0.2, 0.25) is 0 Å². The molecule has 2 atom stereocenters. The second-order valence-corrected chi connectivity index (χ2v) is 6.85. The summed E-state index contributed by atoms with van der Waals surface area (Å²) in [5.74, 6) is 1.53. The Hall–Kier alpha value is -1.45. The fourth-order valence-electron chi connectivity index (χ4n) is 4.47. The summed E-state index contributed by atoms with van der Waals surface area (Å²) in [4.78, 5) is 24.2. The molecule has 2 fully saturated rings. The monoisotopic (exact) mass is 285 g/mol. The van der Waals surface area contributed by atoms with Gasteiger partial charge in [0, 0.05) is 30.1 Å². The molecule has 2 aliphatic heterocycles. The molecule has 1 saturated carbocycles. The molecule has 0 aromatic carbocycles. The average Bonchev–Trinajstić information content (AvgIpc) is 2.82. The van der Waals surface area contributed by atoms with Gasteiger partial charge in [-0.2, -0.15) is 0 Å². The maximum absolute atomic E-state index is 13.0. The van der Waals surface area contributed by atoms with Gasteiger partial charge in [0.2, 0.25) is 5.91 Å². The summed E-state index contributed by atoms with van der Waals surface area (Å²) in [5.41, 5.74) is 2.39. The fourth-order valence-corrected chi connectivity index (χ4v) is 4.47. The van der Waals surface area contributed by atoms with Crippen molar-refractivity contribution in [1.29, 1.82) is 0 Å². The standard InChI is InChI=1S/C17H23N3O/c1-11-18-10-14-15(19-11)9-13-7-8-16(14)20(13)17(21)12-5-3-2-4-6-12/h10,12-13,16H,2-9H2,1H3/t13-,16+/m0/s1. The number of hydrogen-bond acceptors (Lipinski definition) is 3. The van der Waals surface area contributed by atoms with Gasteiger partial charge in [-0.15, -0.1) is 0 Å². The van der Waals surface area contributed by atoms with E-state index in [1.807, 2.05) is 13.1 Å². The SMILES string of the molecule is Cc1ncc2c(n1)C[C@@H]1CC[C@H]2N1C(=O)C1CCCCC1. The molecule has 2 bridgehead atoms. The van der Waals surface area contributed by atoms with Gasteiger partial charge in [0.25, 0.3) is 0 Å². The molecule has 1 aromatic rings. The Morgan fingerprint density at radius 1 is 1.19 bits per heavy atom. The maximum atomic E-state index is 13.0. The highest BCUT2D eigenvalue weighted by Gasteiger charge is 2.44. The van der Waals surface area contributed by atoms with Crippen LogP contribution in [0, 0.1) is 12.8 Å². The molecule has 3 heterocycles. The molecule has 1 amide bonds. The van der Waals surface area contributed by atoms with Crippen LogP contribution >= 0.6 is 0 Å². The van der Waals surface area contributed by atoms with Crippen molar-refractivity contribution >= 4 is 5.91 Å². The van der Waals surface area contributed by atoms with Gasteiger partial charge >= 0.3 is 0 Å². The average molecular weight is 285 g/mol. The van der Waals surface area contributed by atoms with Crippen molar-refractivity contribution in [3.05, 3.63) is 23.3 Å². The van der Waals surface area contributed by atoms with E-state index in [1.165, 1.54) is 30.5 Å². The molecular weight excluding hydrogens is 262 g/mol. The molecule has 0 spiro atoms. The highest BCUT2D eigenvalue weighted by Crippen LogP contribution is 2.44. The van der Waals surface area contributed by atoms with Crippen molar-refractivity contribution in [3.8, 4) is 0 Å². The van der Waals surface area contributed by atoms with E-state index in [0.29, 0.717) is 11.9 Å². The van der Waals surface area contributed by atoms with Crippen molar-refractivity contribution in [3.63, 3.8) is 0 Å². The zero-order valence-corrected chi connectivity index (χ0v) is 12.7. The molecule has 112 valence electrons. The normalized spacial score (nSPS) is 28.5. The highest BCUT2D eigenvalue weighted by molar-refractivity contribution is 5.80. The van der Waals surface area contributed by atoms with Crippen LogP contribution in [0.15, 0.2) is 6.20 Å². The Morgan fingerprint density at radius 3 is 2.81 bits per heavy atom. The first-order valence-corrected chi connectivity index (χ1v) is 8.38. The van der Waals surface area contributed by atoms with E-state index >= 15 is 0 Å². The number of carbonyl (C=O) groups is 1. The van der Waals surface area contributed by atoms with Crippen molar-refractivity contribution in [2.24, 2.45) is 5.92 Å². The van der Waals surface area contributed by atoms with Gasteiger partial charge in [0.1, 0.15) is 5.82 Å². The lowest BCUT2D eigenvalue weighted by atomic mass is 9.87. The molecule has 3 aliphatic rings. The van der Waals surface area contributed by atoms with Crippen LogP contribution in [-0.2, 0) is 11.2 Å². The quantitative estimate of drug-likeness (QED) is 0.797. The third kappa shape index (κ3) is 2.16. The van der Waals surface area contributed by atoms with Crippen molar-refractivity contribution < 1.29 is 4.79 Å². The van der Waals surface area contributed by atoms with Crippen molar-refractivity contribution in [1.82, 2.24) is 14.9 Å². The predicted molar refractivity (Wildman–Crippen MR) is 79.7 cm³/mol. The van der Waals surface area contributed by atoms with E-state index in [4.69, 9.17) is 0 Å². The van der Waals surface area contributed by atoms with Gasteiger partial charge in [-0.3, -0.25) is 4.79 Å². The van der Waals surface area contributed by atoms with Gasteiger partial charge in [-0.05, 0) is 32.6 Å². The van der Waals surface area contributed by atoms with E-state index in [-0.39, 0.29) is 12.0 Å². The smallest absolute Gasteiger partial charge is 0.226 e. The van der Waals surface area contributed by atoms with Gasteiger partial charge < -0.3 is 4.90 Å². The Labute approximate surface area is 126 Å². The van der Waals surface area contributed by atoms with Crippen LogP contribution in [0.3, 0.4) is 0 Å². The second kappa shape index (κ2) is 5.08. The van der Waals surface area contributed by atoms with Crippen LogP contribution in [0.4, 0.5) is 0 Å². The molecule has 0 radical (unpaired) electrons. The number of aryl methyl sites for hydroxylation is 1. The number of fused-ring (bicyclic) bond motifs is 4. The molecule has 4 rings (SSSR count). The number of rotatable bonds is 1. The van der Waals surface area contributed by atoms with Gasteiger partial charge in [-0.25, -0.2) is 9.97 Å². The number of nitrogens with zero attached hydrogens (tertiary/aromatic N) is 3. The molecule has 1 aliphatic carbocycles. The predicted octanol–water partition coefficient (Wildman–Crippen LogP) is 2.95. The van der Waals surface area contributed by atoms with Crippen LogP contribution in [-0.4, -0.2) is 26.8 Å². The summed E-state index contributed by atoms with van der Waals surface area (Å²) in [6.45, 7) is 1.95. The lowest BCUT2D eigenvalue weighted by Crippen LogP contribution is -2.45. The van der Waals surface area contributed by atoms with E-state index in [9.17, 15) is 4.79 Å². The number of aromatic nitrogens is 2. The summed E-state index contributed by atoms with van der Waals surface area (Å²) >= 11 is 0. The van der Waals surface area contributed by atoms with Crippen molar-refractivity contribution in [2.45, 2.75) is 70.4 Å². The molecule has 4 nitrogen and oxygen atoms in total. The fraction of sp³-hybridized carbons (Fsp3) is 0.706. The topological polar surface area (TPSA) is 46.1 Å². The van der Waals surface area contributed by atoms with Crippen LogP contribution < -0.4 is 0 Å². The van der Waals surface area contributed by atoms with E-state index in [1.54, 1.807) is 0 Å². The first-order chi connectivity index (χ1) is 10.2. The Bertz CT molecular complexity index is 565. The molecule has 1 saturated heterocycles. The second-order valence-electron chi connectivity index (χ2n) is 6.85. The van der Waals surface area contributed by atoms with Gasteiger partial charge in [0.05, 0.1) is 11.7 Å². The third-order valence-electron chi connectivity index (χ3n) is 5.52. The summed E-state index contributed by atoms with van der Waals surface area (Å²) in [7, 11) is 0. The molecule has 0 unspecified atom stereocenters. The summed E-state index contributed by atoms with van der Waals surface area (Å²) in [6.07, 6.45) is 11.0. The first-order valence-electron chi connectivity index (χ1n) is 8.38. The summed E-state index contributed by atoms with van der Waals surface area (Å²) < 4.78 is 0. The summed E-state index contributed by atoms with van der Waals surface area (Å²) in [6, 6.07) is 0.625. The van der Waals surface area contributed by atoms with Crippen molar-refractivity contribution in [2.75, 3.05) is 0 Å². The molecular formula is C17H23N3O. The third-order valence-corrected chi connectivity index (χ3v) is 5.52. The largest absolute Gasteiger partial charge is 0.332 e. The zero-order chi connectivity index (χ0) is 14.4. The maximum Gasteiger partial charge on any atom is 0.226 e. The van der Waals surface area contributed by atoms with Gasteiger partial charge in [-0.1, -0.05) is 19.3 Å². The molecule has 1 aromatic heterocycles. The summed E-state index contributed by atoms with van der Waals surface area (Å²) in [5, 5.41) is 0. The van der Waals surface area contributed by atoms with Crippen LogP contribution in [0.5, 0.6) is 0 Å². The molecule has 21 heavy (non-hydrogen) atoms. The highest BCUT2D eigenvalue weighted by atomic mass is 16.2. The van der Waals surface area contributed by atoms with Crippen LogP contribution in [0.1, 0.15) is 68.1 Å². The zero-order valence-electron chi connectivity index (χ0n) is 12.7.